The molecular weight excluding hydrogens is 472 g/mol. The Bertz CT molecular complexity index is 1100. The van der Waals surface area contributed by atoms with Crippen molar-refractivity contribution in [3.8, 4) is 0 Å². The number of benzene rings is 1. The molecule has 174 valence electrons. The van der Waals surface area contributed by atoms with Gasteiger partial charge in [0.15, 0.2) is 6.23 Å². The summed E-state index contributed by atoms with van der Waals surface area (Å²) >= 11 is 5.80. The molecule has 0 amide bonds. The molecule has 4 N–H and O–H groups in total. The van der Waals surface area contributed by atoms with Crippen LogP contribution in [0.3, 0.4) is 0 Å². The summed E-state index contributed by atoms with van der Waals surface area (Å²) in [6.45, 7) is -0.442. The Hall–Kier alpha value is -1.89. The van der Waals surface area contributed by atoms with Gasteiger partial charge in [0.25, 0.3) is 0 Å². The summed E-state index contributed by atoms with van der Waals surface area (Å²) in [6.07, 6.45) is -4.50. The number of hydrogen-bond donors (Lipinski definition) is 3. The van der Waals surface area contributed by atoms with Gasteiger partial charge in [-0.1, -0.05) is 17.7 Å². The second kappa shape index (κ2) is 9.16. The first kappa shape index (κ1) is 23.3. The summed E-state index contributed by atoms with van der Waals surface area (Å²) in [6, 6.07) is 5.31. The van der Waals surface area contributed by atoms with Crippen LogP contribution in [0.25, 0.3) is 0 Å². The lowest BCUT2D eigenvalue weighted by atomic mass is 10.1. The van der Waals surface area contributed by atoms with Crippen molar-refractivity contribution in [1.29, 1.82) is 0 Å². The number of ether oxygens (including phenoxy) is 1. The molecule has 32 heavy (non-hydrogen) atoms. The number of nitrogen functional groups attached to an aromatic ring is 1. The average Bonchev–Trinajstić information content (AvgIpc) is 3.03. The topological polar surface area (TPSA) is 155 Å². The number of aliphatic hydroxyl groups is 2. The fourth-order valence-corrected chi connectivity index (χ4v) is 4.98. The van der Waals surface area contributed by atoms with E-state index in [1.165, 1.54) is 30.5 Å². The normalized spacial score (nSPS) is 32.8. The van der Waals surface area contributed by atoms with Gasteiger partial charge in [0, 0.05) is 12.6 Å². The minimum absolute atomic E-state index is 0.0131. The van der Waals surface area contributed by atoms with Crippen LogP contribution in [-0.4, -0.2) is 51.3 Å². The van der Waals surface area contributed by atoms with E-state index in [1.807, 2.05) is 0 Å². The fraction of sp³-hybridized carbons (Fsp3) is 0.444. The van der Waals surface area contributed by atoms with Crippen molar-refractivity contribution in [2.45, 2.75) is 37.1 Å². The Morgan fingerprint density at radius 2 is 2.12 bits per heavy atom. The zero-order chi connectivity index (χ0) is 23.0. The fourth-order valence-electron chi connectivity index (χ4n) is 3.40. The predicted molar refractivity (Wildman–Crippen MR) is 108 cm³/mol. The largest absolute Gasteiger partial charge is 0.475 e. The first-order valence-electron chi connectivity index (χ1n) is 9.55. The molecule has 11 nitrogen and oxygen atoms in total. The van der Waals surface area contributed by atoms with Crippen LogP contribution in [0, 0.1) is 5.82 Å². The van der Waals surface area contributed by atoms with Gasteiger partial charge in [-0.25, -0.2) is 13.8 Å². The number of rotatable bonds is 5. The number of phosphoric acid groups is 1. The van der Waals surface area contributed by atoms with Crippen LogP contribution < -0.4 is 11.4 Å². The van der Waals surface area contributed by atoms with E-state index in [4.69, 9.17) is 35.6 Å². The zero-order valence-electron chi connectivity index (χ0n) is 16.4. The van der Waals surface area contributed by atoms with Gasteiger partial charge in [0.05, 0.1) is 24.3 Å². The number of aliphatic hydroxyl groups excluding tert-OH is 2. The average molecular weight is 492 g/mol. The minimum atomic E-state index is -4.08. The number of nitrogens with zero attached hydrogens (tertiary/aromatic N) is 2. The van der Waals surface area contributed by atoms with Gasteiger partial charge < -0.3 is 20.7 Å². The third kappa shape index (κ3) is 4.73. The van der Waals surface area contributed by atoms with E-state index in [0.717, 1.165) is 4.57 Å². The van der Waals surface area contributed by atoms with Gasteiger partial charge in [-0.2, -0.15) is 4.98 Å². The van der Waals surface area contributed by atoms with Crippen molar-refractivity contribution in [1.82, 2.24) is 9.55 Å². The molecule has 0 aliphatic carbocycles. The van der Waals surface area contributed by atoms with Crippen molar-refractivity contribution in [3.05, 3.63) is 57.3 Å². The lowest BCUT2D eigenvalue weighted by Gasteiger charge is -2.30. The van der Waals surface area contributed by atoms with Crippen LogP contribution in [0.2, 0.25) is 5.02 Å². The van der Waals surface area contributed by atoms with E-state index < -0.39 is 56.6 Å². The smallest absolute Gasteiger partial charge is 0.387 e. The highest BCUT2D eigenvalue weighted by Gasteiger charge is 2.46. The van der Waals surface area contributed by atoms with E-state index in [0.29, 0.717) is 12.0 Å². The molecular formula is C18H20ClFN3O8P. The number of anilines is 1. The Balaban J connectivity index is 1.42. The molecule has 0 bridgehead atoms. The quantitative estimate of drug-likeness (QED) is 0.524. The number of halogens is 2. The highest BCUT2D eigenvalue weighted by Crippen LogP contribution is 2.57. The van der Waals surface area contributed by atoms with Crippen LogP contribution in [-0.2, 0) is 22.9 Å². The SMILES string of the molecule is Nc1ccn([C@@H]2O[C@H](CO[P@@]3(=O)OCC[C@@H](c4ccc(F)c(Cl)c4)O3)[C@@H](O)[C@@H]2O)c(=O)n1. The van der Waals surface area contributed by atoms with Gasteiger partial charge in [0.1, 0.15) is 29.9 Å². The Labute approximate surface area is 186 Å². The van der Waals surface area contributed by atoms with Crippen LogP contribution in [0.5, 0.6) is 0 Å². The third-order valence-electron chi connectivity index (χ3n) is 5.06. The summed E-state index contributed by atoms with van der Waals surface area (Å²) < 4.78 is 48.7. The summed E-state index contributed by atoms with van der Waals surface area (Å²) in [7, 11) is -4.08. The van der Waals surface area contributed by atoms with Gasteiger partial charge >= 0.3 is 13.5 Å². The number of hydrogen-bond acceptors (Lipinski definition) is 10. The van der Waals surface area contributed by atoms with Gasteiger partial charge in [0.2, 0.25) is 0 Å². The van der Waals surface area contributed by atoms with Crippen molar-refractivity contribution in [2.24, 2.45) is 0 Å². The summed E-state index contributed by atoms with van der Waals surface area (Å²) in [5.74, 6) is -0.612. The van der Waals surface area contributed by atoms with E-state index >= 15 is 0 Å². The zero-order valence-corrected chi connectivity index (χ0v) is 18.1. The molecule has 1 aromatic carbocycles. The standard InChI is InChI=1S/C18H20ClFN3O8P/c19-10-7-9(1-2-11(10)20)12-4-6-28-32(27,31-12)29-8-13-15(24)16(25)17(30-13)23-5-3-14(21)22-18(23)26/h1-3,5,7,12-13,15-17,24-25H,4,6,8H2,(H2,21,22,26)/t12-,13+,15+,16-,17+,32+/m0/s1. The monoisotopic (exact) mass is 491 g/mol. The van der Waals surface area contributed by atoms with Crippen LogP contribution in [0.4, 0.5) is 10.2 Å². The Morgan fingerprint density at radius 1 is 1.34 bits per heavy atom. The first-order valence-corrected chi connectivity index (χ1v) is 11.4. The summed E-state index contributed by atoms with van der Waals surface area (Å²) in [4.78, 5) is 15.6. The second-order valence-corrected chi connectivity index (χ2v) is 9.25. The highest BCUT2D eigenvalue weighted by molar-refractivity contribution is 7.48. The molecule has 3 heterocycles. The number of nitrogens with two attached hydrogens (primary N) is 1. The molecule has 0 unspecified atom stereocenters. The molecule has 2 aliphatic heterocycles. The Morgan fingerprint density at radius 3 is 2.84 bits per heavy atom. The number of phosphoric ester groups is 1. The molecule has 6 atom stereocenters. The molecule has 4 rings (SSSR count). The molecule has 2 saturated heterocycles. The maximum Gasteiger partial charge on any atom is 0.475 e. The maximum absolute atomic E-state index is 13.4. The maximum atomic E-state index is 13.4. The van der Waals surface area contributed by atoms with E-state index in [-0.39, 0.29) is 17.4 Å². The lowest BCUT2D eigenvalue weighted by molar-refractivity contribution is -0.0609. The predicted octanol–water partition coefficient (Wildman–Crippen LogP) is 1.54. The van der Waals surface area contributed by atoms with Gasteiger partial charge in [-0.15, -0.1) is 0 Å². The highest BCUT2D eigenvalue weighted by atomic mass is 35.5. The van der Waals surface area contributed by atoms with Crippen LogP contribution in [0.1, 0.15) is 24.3 Å². The van der Waals surface area contributed by atoms with Crippen molar-refractivity contribution >= 4 is 25.2 Å². The van der Waals surface area contributed by atoms with Gasteiger partial charge in [-0.05, 0) is 23.8 Å². The van der Waals surface area contributed by atoms with Crippen molar-refractivity contribution in [2.75, 3.05) is 18.9 Å². The minimum Gasteiger partial charge on any atom is -0.387 e. The molecule has 2 aromatic rings. The van der Waals surface area contributed by atoms with E-state index in [1.54, 1.807) is 0 Å². The van der Waals surface area contributed by atoms with E-state index in [2.05, 4.69) is 4.98 Å². The van der Waals surface area contributed by atoms with Crippen LogP contribution in [0.15, 0.2) is 35.3 Å². The first-order chi connectivity index (χ1) is 15.2. The number of aromatic nitrogens is 2. The van der Waals surface area contributed by atoms with Gasteiger partial charge in [-0.3, -0.25) is 18.1 Å². The molecule has 14 heteroatoms. The molecule has 2 aliphatic rings. The lowest BCUT2D eigenvalue weighted by Crippen LogP contribution is -2.36. The molecule has 1 aromatic heterocycles. The molecule has 0 radical (unpaired) electrons. The molecule has 0 spiro atoms. The Kier molecular flexibility index (Phi) is 6.66. The molecule has 2 fully saturated rings. The third-order valence-corrected chi connectivity index (χ3v) is 6.83. The van der Waals surface area contributed by atoms with E-state index in [9.17, 15) is 24.0 Å². The summed E-state index contributed by atoms with van der Waals surface area (Å²) in [5, 5.41) is 20.5. The van der Waals surface area contributed by atoms with Crippen molar-refractivity contribution in [3.63, 3.8) is 0 Å². The second-order valence-electron chi connectivity index (χ2n) is 7.22. The van der Waals surface area contributed by atoms with Crippen molar-refractivity contribution < 1.29 is 37.5 Å². The summed E-state index contributed by atoms with van der Waals surface area (Å²) in [5.41, 5.74) is 5.16. The molecule has 0 saturated carbocycles. The van der Waals surface area contributed by atoms with Crippen LogP contribution >= 0.6 is 19.4 Å².